The van der Waals surface area contributed by atoms with Crippen LogP contribution in [-0.2, 0) is 0 Å². The molecule has 0 saturated carbocycles. The Bertz CT molecular complexity index is 551. The number of hydrogen-bond acceptors (Lipinski definition) is 7. The van der Waals surface area contributed by atoms with Crippen molar-refractivity contribution in [3.8, 4) is 0 Å². The minimum Gasteiger partial charge on any atom is -0.477 e. The molecule has 0 aliphatic heterocycles. The molecule has 11 nitrogen and oxygen atoms in total. The van der Waals surface area contributed by atoms with E-state index < -0.39 is 43.4 Å². The van der Waals surface area contributed by atoms with Crippen molar-refractivity contribution in [2.45, 2.75) is 0 Å². The van der Waals surface area contributed by atoms with E-state index >= 15 is 0 Å². The van der Waals surface area contributed by atoms with E-state index in [2.05, 4.69) is 0 Å². The van der Waals surface area contributed by atoms with Crippen LogP contribution in [-0.4, -0.2) is 74.7 Å². The summed E-state index contributed by atoms with van der Waals surface area (Å²) in [6, 6.07) is 0.715. The summed E-state index contributed by atoms with van der Waals surface area (Å²) in [6.45, 7) is 0. The fraction of sp³-hybridized carbons (Fsp3) is 0. The van der Waals surface area contributed by atoms with Gasteiger partial charge in [0.15, 0.2) is 0 Å². The largest absolute Gasteiger partial charge is 2.00 e. The van der Waals surface area contributed by atoms with Gasteiger partial charge in [0.2, 0.25) is 5.56 Å². The zero-order chi connectivity index (χ0) is 14.0. The number of nitro groups is 3. The molecule has 0 spiro atoms. The van der Waals surface area contributed by atoms with Gasteiger partial charge in [-0.25, -0.2) is 4.79 Å². The Morgan fingerprint density at radius 2 is 1.32 bits per heavy atom. The van der Waals surface area contributed by atoms with Crippen molar-refractivity contribution in [2.75, 3.05) is 0 Å². The van der Waals surface area contributed by atoms with Gasteiger partial charge in [-0.1, -0.05) is 0 Å². The predicted octanol–water partition coefficient (Wildman–Crippen LogP) is 0.729. The van der Waals surface area contributed by atoms with Crippen LogP contribution in [0.1, 0.15) is 10.4 Å². The number of nitro benzene ring substituents is 3. The molecule has 1 N–H and O–H groups in total. The summed E-state index contributed by atoms with van der Waals surface area (Å²) in [6.07, 6.45) is 0. The van der Waals surface area contributed by atoms with Crippen molar-refractivity contribution in [1.82, 2.24) is 0 Å². The fourth-order valence-electron chi connectivity index (χ4n) is 1.21. The Morgan fingerprint density at radius 3 is 1.53 bits per heavy atom. The number of aromatic carboxylic acids is 1. The van der Waals surface area contributed by atoms with E-state index in [0.717, 1.165) is 0 Å². The van der Waals surface area contributed by atoms with E-state index in [0.29, 0.717) is 12.1 Å². The molecule has 0 amide bonds. The Morgan fingerprint density at radius 1 is 0.947 bits per heavy atom. The first-order valence-corrected chi connectivity index (χ1v) is 4.10. The average Bonchev–Trinajstić information content (AvgIpc) is 2.26. The van der Waals surface area contributed by atoms with Gasteiger partial charge >= 0.3 is 54.9 Å². The molecule has 0 heterocycles. The molecular formula is C7H3BaN3O8+2. The minimum absolute atomic E-state index is 0. The number of rotatable bonds is 4. The van der Waals surface area contributed by atoms with E-state index in [1.54, 1.807) is 0 Å². The molecule has 0 aliphatic rings. The zero-order valence-electron chi connectivity index (χ0n) is 9.01. The van der Waals surface area contributed by atoms with Crippen LogP contribution >= 0.6 is 0 Å². The second-order valence-electron chi connectivity index (χ2n) is 2.94. The first-order chi connectivity index (χ1) is 8.25. The standard InChI is InChI=1S/C7H3N3O8.Ba/c11-7(12)6-4(9(15)16)1-3(8(13)14)2-5(6)10(17)18;/h1-2H,(H,11,12);/q;+2. The smallest absolute Gasteiger partial charge is 0.477 e. The third-order valence-corrected chi connectivity index (χ3v) is 1.90. The van der Waals surface area contributed by atoms with Crippen LogP contribution in [0.2, 0.25) is 0 Å². The predicted molar refractivity (Wildman–Crippen MR) is 59.1 cm³/mol. The van der Waals surface area contributed by atoms with E-state index in [9.17, 15) is 35.1 Å². The number of carbonyl (C=O) groups is 1. The van der Waals surface area contributed by atoms with Gasteiger partial charge in [-0.15, -0.1) is 0 Å². The quantitative estimate of drug-likeness (QED) is 0.443. The van der Waals surface area contributed by atoms with Crippen LogP contribution in [0.4, 0.5) is 17.1 Å². The van der Waals surface area contributed by atoms with Crippen LogP contribution < -0.4 is 0 Å². The normalized spacial score (nSPS) is 9.26. The summed E-state index contributed by atoms with van der Waals surface area (Å²) < 4.78 is 0. The molecule has 0 aliphatic carbocycles. The molecule has 0 fully saturated rings. The molecule has 94 valence electrons. The number of nitrogens with zero attached hydrogens (tertiary/aromatic N) is 3. The number of carboxylic acids is 1. The maximum atomic E-state index is 10.8. The van der Waals surface area contributed by atoms with Gasteiger partial charge in [-0.05, 0) is 0 Å². The van der Waals surface area contributed by atoms with Crippen LogP contribution in [0.25, 0.3) is 0 Å². The molecule has 12 heteroatoms. The molecule has 0 radical (unpaired) electrons. The topological polar surface area (TPSA) is 167 Å². The van der Waals surface area contributed by atoms with E-state index in [1.807, 2.05) is 0 Å². The van der Waals surface area contributed by atoms with Gasteiger partial charge in [0.25, 0.3) is 17.1 Å². The molecule has 0 bridgehead atoms. The molecule has 0 aromatic heterocycles. The van der Waals surface area contributed by atoms with Crippen molar-refractivity contribution in [2.24, 2.45) is 0 Å². The fourth-order valence-corrected chi connectivity index (χ4v) is 1.21. The van der Waals surface area contributed by atoms with Gasteiger partial charge in [-0.2, -0.15) is 0 Å². The van der Waals surface area contributed by atoms with Crippen LogP contribution in [0.5, 0.6) is 0 Å². The van der Waals surface area contributed by atoms with E-state index in [-0.39, 0.29) is 48.9 Å². The summed E-state index contributed by atoms with van der Waals surface area (Å²) in [4.78, 5) is 38.8. The molecule has 0 saturated heterocycles. The van der Waals surface area contributed by atoms with Gasteiger partial charge in [0, 0.05) is 0 Å². The molecule has 19 heavy (non-hydrogen) atoms. The van der Waals surface area contributed by atoms with Gasteiger partial charge < -0.3 is 5.11 Å². The van der Waals surface area contributed by atoms with Crippen molar-refractivity contribution in [1.29, 1.82) is 0 Å². The number of hydrogen-bond donors (Lipinski definition) is 1. The summed E-state index contributed by atoms with van der Waals surface area (Å²) in [5.41, 5.74) is -4.54. The molecule has 1 rings (SSSR count). The summed E-state index contributed by atoms with van der Waals surface area (Å²) >= 11 is 0. The average molecular weight is 394 g/mol. The van der Waals surface area contributed by atoms with Crippen molar-refractivity contribution in [3.05, 3.63) is 48.0 Å². The number of carboxylic acid groups (broad SMARTS) is 1. The Kier molecular flexibility index (Phi) is 6.04. The Hall–Kier alpha value is -1.54. The molecule has 1 aromatic carbocycles. The van der Waals surface area contributed by atoms with E-state index in [4.69, 9.17) is 5.11 Å². The van der Waals surface area contributed by atoms with Crippen LogP contribution in [0.15, 0.2) is 12.1 Å². The number of benzene rings is 1. The monoisotopic (exact) mass is 395 g/mol. The van der Waals surface area contributed by atoms with Crippen molar-refractivity contribution < 1.29 is 24.7 Å². The summed E-state index contributed by atoms with van der Waals surface area (Å²) in [5.74, 6) is -1.91. The summed E-state index contributed by atoms with van der Waals surface area (Å²) in [7, 11) is 0. The first kappa shape index (κ1) is 17.5. The first-order valence-electron chi connectivity index (χ1n) is 4.10. The second-order valence-corrected chi connectivity index (χ2v) is 2.94. The van der Waals surface area contributed by atoms with E-state index in [1.165, 1.54) is 0 Å². The Balaban J connectivity index is 0.00000324. The van der Waals surface area contributed by atoms with Gasteiger partial charge in [0.05, 0.1) is 26.9 Å². The van der Waals surface area contributed by atoms with Crippen molar-refractivity contribution in [3.63, 3.8) is 0 Å². The summed E-state index contributed by atoms with van der Waals surface area (Å²) in [5, 5.41) is 40.3. The Labute approximate surface area is 143 Å². The maximum Gasteiger partial charge on any atom is 2.00 e. The van der Waals surface area contributed by atoms with Crippen LogP contribution in [0.3, 0.4) is 0 Å². The molecule has 0 unspecified atom stereocenters. The van der Waals surface area contributed by atoms with Gasteiger partial charge in [-0.3, -0.25) is 30.3 Å². The third kappa shape index (κ3) is 3.71. The van der Waals surface area contributed by atoms with Gasteiger partial charge in [0.1, 0.15) is 0 Å². The molecule has 0 atom stereocenters. The molecule has 1 aromatic rings. The SMILES string of the molecule is O=C(O)c1c([N+](=O)[O-])cc([N+](=O)[O-])cc1[N+](=O)[O-].[Ba+2]. The molecular weight excluding hydrogens is 391 g/mol. The maximum absolute atomic E-state index is 10.8. The van der Waals surface area contributed by atoms with Crippen molar-refractivity contribution >= 4 is 71.9 Å². The second kappa shape index (κ2) is 6.58. The zero-order valence-corrected chi connectivity index (χ0v) is 13.4. The minimum atomic E-state index is -1.91. The third-order valence-electron chi connectivity index (χ3n) is 1.90. The van der Waals surface area contributed by atoms with Crippen LogP contribution in [0, 0.1) is 30.3 Å². The number of non-ortho nitro benzene ring substituents is 1.